The quantitative estimate of drug-likeness (QED) is 0.520. The maximum atomic E-state index is 14.1. The zero-order valence-corrected chi connectivity index (χ0v) is 13.6. The van der Waals surface area contributed by atoms with E-state index in [1.165, 1.54) is 18.2 Å². The van der Waals surface area contributed by atoms with Crippen LogP contribution in [0.25, 0.3) is 10.8 Å². The Morgan fingerprint density at radius 1 is 0.760 bits per heavy atom. The molecular formula is C20H16F4O. The Balaban J connectivity index is 1.82. The molecule has 0 heterocycles. The van der Waals surface area contributed by atoms with E-state index in [2.05, 4.69) is 0 Å². The van der Waals surface area contributed by atoms with Crippen molar-refractivity contribution in [2.75, 3.05) is 0 Å². The molecule has 3 aromatic rings. The first-order valence-corrected chi connectivity index (χ1v) is 7.96. The molecule has 0 atom stereocenters. The minimum Gasteiger partial charge on any atom is -0.489 e. The van der Waals surface area contributed by atoms with Crippen molar-refractivity contribution >= 4 is 10.8 Å². The van der Waals surface area contributed by atoms with Crippen LogP contribution in [0.5, 0.6) is 5.75 Å². The molecule has 0 saturated carbocycles. The molecule has 0 bridgehead atoms. The number of aryl methyl sites for hydroxylation is 1. The maximum absolute atomic E-state index is 14.1. The Labute approximate surface area is 142 Å². The van der Waals surface area contributed by atoms with Gasteiger partial charge >= 0.3 is 0 Å². The molecule has 0 N–H and O–H groups in total. The van der Waals surface area contributed by atoms with Crippen molar-refractivity contribution < 1.29 is 22.3 Å². The van der Waals surface area contributed by atoms with Crippen LogP contribution in [-0.4, -0.2) is 0 Å². The minimum absolute atomic E-state index is 0.162. The Bertz CT molecular complexity index is 898. The highest BCUT2D eigenvalue weighted by Gasteiger charge is 2.12. The van der Waals surface area contributed by atoms with Gasteiger partial charge in [0.05, 0.1) is 5.56 Å². The molecule has 0 fully saturated rings. The largest absolute Gasteiger partial charge is 0.489 e. The van der Waals surface area contributed by atoms with Crippen LogP contribution in [0, 0.1) is 23.3 Å². The van der Waals surface area contributed by atoms with E-state index >= 15 is 0 Å². The summed E-state index contributed by atoms with van der Waals surface area (Å²) in [6.07, 6.45) is 1.39. The van der Waals surface area contributed by atoms with E-state index in [0.29, 0.717) is 28.5 Å². The number of ether oxygens (including phenoxy) is 1. The topological polar surface area (TPSA) is 9.23 Å². The van der Waals surface area contributed by atoms with Crippen LogP contribution in [0.15, 0.2) is 42.5 Å². The molecule has 25 heavy (non-hydrogen) atoms. The third-order valence-corrected chi connectivity index (χ3v) is 3.97. The second kappa shape index (κ2) is 7.13. The molecule has 0 saturated heterocycles. The Morgan fingerprint density at radius 3 is 2.04 bits per heavy atom. The number of rotatable bonds is 5. The number of halogens is 4. The van der Waals surface area contributed by atoms with Crippen molar-refractivity contribution in [3.05, 3.63) is 76.9 Å². The molecule has 0 radical (unpaired) electrons. The molecule has 0 spiro atoms. The summed E-state index contributed by atoms with van der Waals surface area (Å²) in [5, 5.41) is 0.947. The highest BCUT2D eigenvalue weighted by Crippen LogP contribution is 2.25. The van der Waals surface area contributed by atoms with Gasteiger partial charge in [-0.15, -0.1) is 0 Å². The van der Waals surface area contributed by atoms with Gasteiger partial charge in [0.2, 0.25) is 0 Å². The molecule has 0 aliphatic heterocycles. The zero-order chi connectivity index (χ0) is 18.0. The van der Waals surface area contributed by atoms with Crippen molar-refractivity contribution in [2.45, 2.75) is 26.4 Å². The standard InChI is InChI=1S/C20H16F4O/c1-2-3-12-6-17(21)16(18(22)7-12)11-25-15-5-4-13-9-19(23)20(24)10-14(13)8-15/h4-10H,2-3,11H2,1H3. The average molecular weight is 348 g/mol. The minimum atomic E-state index is -0.965. The van der Waals surface area contributed by atoms with Crippen LogP contribution >= 0.6 is 0 Å². The molecule has 0 aliphatic carbocycles. The zero-order valence-electron chi connectivity index (χ0n) is 13.6. The SMILES string of the molecule is CCCc1cc(F)c(COc2ccc3cc(F)c(F)cc3c2)c(F)c1. The molecule has 0 amide bonds. The van der Waals surface area contributed by atoms with Crippen molar-refractivity contribution in [1.82, 2.24) is 0 Å². The molecule has 5 heteroatoms. The van der Waals surface area contributed by atoms with E-state index < -0.39 is 23.3 Å². The lowest BCUT2D eigenvalue weighted by Crippen LogP contribution is -2.03. The van der Waals surface area contributed by atoms with Crippen LogP contribution in [0.3, 0.4) is 0 Å². The summed E-state index contributed by atoms with van der Waals surface area (Å²) in [6.45, 7) is 1.64. The molecule has 0 aliphatic rings. The van der Waals surface area contributed by atoms with E-state index in [9.17, 15) is 17.6 Å². The number of benzene rings is 3. The van der Waals surface area contributed by atoms with E-state index in [0.717, 1.165) is 18.6 Å². The second-order valence-electron chi connectivity index (χ2n) is 5.85. The number of hydrogen-bond acceptors (Lipinski definition) is 1. The van der Waals surface area contributed by atoms with E-state index in [4.69, 9.17) is 4.74 Å². The van der Waals surface area contributed by atoms with Gasteiger partial charge in [-0.05, 0) is 59.2 Å². The molecular weight excluding hydrogens is 332 g/mol. The molecule has 3 rings (SSSR count). The van der Waals surface area contributed by atoms with Crippen LogP contribution in [0.4, 0.5) is 17.6 Å². The lowest BCUT2D eigenvalue weighted by molar-refractivity contribution is 0.293. The summed E-state index contributed by atoms with van der Waals surface area (Å²) in [5.41, 5.74) is 0.440. The third kappa shape index (κ3) is 3.76. The third-order valence-electron chi connectivity index (χ3n) is 3.97. The van der Waals surface area contributed by atoms with Crippen molar-refractivity contribution in [1.29, 1.82) is 0 Å². The van der Waals surface area contributed by atoms with Gasteiger partial charge in [0.25, 0.3) is 0 Å². The van der Waals surface area contributed by atoms with Crippen molar-refractivity contribution in [2.24, 2.45) is 0 Å². The summed E-state index contributed by atoms with van der Waals surface area (Å²) in [6, 6.07) is 9.36. The van der Waals surface area contributed by atoms with Gasteiger partial charge in [0.1, 0.15) is 24.0 Å². The highest BCUT2D eigenvalue weighted by molar-refractivity contribution is 5.84. The Morgan fingerprint density at radius 2 is 1.40 bits per heavy atom. The van der Waals surface area contributed by atoms with Gasteiger partial charge < -0.3 is 4.74 Å². The van der Waals surface area contributed by atoms with Gasteiger partial charge in [-0.2, -0.15) is 0 Å². The Hall–Kier alpha value is -2.56. The predicted octanol–water partition coefficient (Wildman–Crippen LogP) is 5.93. The lowest BCUT2D eigenvalue weighted by Gasteiger charge is -2.11. The summed E-state index contributed by atoms with van der Waals surface area (Å²) >= 11 is 0. The van der Waals surface area contributed by atoms with Gasteiger partial charge in [-0.25, -0.2) is 17.6 Å². The summed E-state index contributed by atoms with van der Waals surface area (Å²) in [5.74, 6) is -2.89. The number of fused-ring (bicyclic) bond motifs is 1. The van der Waals surface area contributed by atoms with Crippen LogP contribution in [-0.2, 0) is 13.0 Å². The molecule has 1 nitrogen and oxygen atoms in total. The fourth-order valence-electron chi connectivity index (χ4n) is 2.69. The molecule has 0 aromatic heterocycles. The van der Waals surface area contributed by atoms with Gasteiger partial charge in [0, 0.05) is 0 Å². The van der Waals surface area contributed by atoms with Gasteiger partial charge in [0.15, 0.2) is 11.6 Å². The van der Waals surface area contributed by atoms with Crippen molar-refractivity contribution in [3.63, 3.8) is 0 Å². The first kappa shape index (κ1) is 17.3. The summed E-state index contributed by atoms with van der Waals surface area (Å²) in [4.78, 5) is 0. The fraction of sp³-hybridized carbons (Fsp3) is 0.200. The van der Waals surface area contributed by atoms with E-state index in [1.54, 1.807) is 12.1 Å². The first-order valence-electron chi connectivity index (χ1n) is 7.96. The van der Waals surface area contributed by atoms with E-state index in [1.807, 2.05) is 6.92 Å². The van der Waals surface area contributed by atoms with Gasteiger partial charge in [-0.1, -0.05) is 19.4 Å². The molecule has 0 unspecified atom stereocenters. The van der Waals surface area contributed by atoms with Crippen LogP contribution in [0.1, 0.15) is 24.5 Å². The van der Waals surface area contributed by atoms with E-state index in [-0.39, 0.29) is 12.2 Å². The predicted molar refractivity (Wildman–Crippen MR) is 88.5 cm³/mol. The average Bonchev–Trinajstić information content (AvgIpc) is 2.55. The second-order valence-corrected chi connectivity index (χ2v) is 5.85. The summed E-state index contributed by atoms with van der Waals surface area (Å²) < 4.78 is 60.1. The molecule has 3 aromatic carbocycles. The van der Waals surface area contributed by atoms with Crippen molar-refractivity contribution in [3.8, 4) is 5.75 Å². The fourth-order valence-corrected chi connectivity index (χ4v) is 2.69. The smallest absolute Gasteiger partial charge is 0.159 e. The van der Waals surface area contributed by atoms with Crippen LogP contribution in [0.2, 0.25) is 0 Å². The summed E-state index contributed by atoms with van der Waals surface area (Å²) in [7, 11) is 0. The normalized spacial score (nSPS) is 11.1. The first-order chi connectivity index (χ1) is 12.0. The Kier molecular flexibility index (Phi) is 4.93. The monoisotopic (exact) mass is 348 g/mol. The lowest BCUT2D eigenvalue weighted by atomic mass is 10.1. The van der Waals surface area contributed by atoms with Crippen LogP contribution < -0.4 is 4.74 Å². The van der Waals surface area contributed by atoms with Gasteiger partial charge in [-0.3, -0.25) is 0 Å². The highest BCUT2D eigenvalue weighted by atomic mass is 19.2. The maximum Gasteiger partial charge on any atom is 0.159 e. The number of hydrogen-bond donors (Lipinski definition) is 0. The molecule has 130 valence electrons.